The molecule has 1 fully saturated rings. The maximum absolute atomic E-state index is 13.2. The van der Waals surface area contributed by atoms with Crippen LogP contribution in [0.1, 0.15) is 29.7 Å². The molecule has 1 saturated heterocycles. The monoisotopic (exact) mass is 434 g/mol. The topological polar surface area (TPSA) is 86.1 Å². The molecule has 1 N–H and O–H groups in total. The largest absolute Gasteiger partial charge is 0.417 e. The van der Waals surface area contributed by atoms with Gasteiger partial charge in [0, 0.05) is 18.7 Å². The fourth-order valence-electron chi connectivity index (χ4n) is 3.12. The molecule has 0 unspecified atom stereocenters. The number of carbonyl (C=O) groups is 2. The zero-order valence-corrected chi connectivity index (χ0v) is 16.7. The number of rotatable bonds is 5. The molecule has 2 amide bonds. The van der Waals surface area contributed by atoms with E-state index >= 15 is 0 Å². The quantitative estimate of drug-likeness (QED) is 0.715. The van der Waals surface area contributed by atoms with Crippen LogP contribution in [0.25, 0.3) is 0 Å². The van der Waals surface area contributed by atoms with Crippen LogP contribution < -0.4 is 10.2 Å². The highest BCUT2D eigenvalue weighted by atomic mass is 32.2. The van der Waals surface area contributed by atoms with Crippen molar-refractivity contribution in [2.45, 2.75) is 31.0 Å². The van der Waals surface area contributed by atoms with Crippen molar-refractivity contribution in [3.05, 3.63) is 47.2 Å². The average molecular weight is 434 g/mol. The number of pyridine rings is 1. The Labute approximate surface area is 175 Å². The highest BCUT2D eigenvalue weighted by Gasteiger charge is 2.35. The van der Waals surface area contributed by atoms with Crippen LogP contribution in [0.15, 0.2) is 35.4 Å². The minimum absolute atomic E-state index is 0.0339. The van der Waals surface area contributed by atoms with Crippen LogP contribution >= 0.6 is 11.8 Å². The number of alkyl halides is 3. The lowest BCUT2D eigenvalue weighted by atomic mass is 10.1. The number of thioether (sulfide) groups is 1. The first kappa shape index (κ1) is 21.6. The summed E-state index contributed by atoms with van der Waals surface area (Å²) in [6.45, 7) is 1.95. The number of hydrogen-bond donors (Lipinski definition) is 1. The van der Waals surface area contributed by atoms with Gasteiger partial charge in [0.05, 0.1) is 28.3 Å². The molecule has 1 aromatic heterocycles. The zero-order valence-electron chi connectivity index (χ0n) is 15.9. The molecule has 0 bridgehead atoms. The number of aryl methyl sites for hydroxylation is 1. The SMILES string of the molecule is Cc1cc(C(F)(F)F)c(C#N)c(SCC(=O)Nc2ccccc2N2CCCC2=O)n1. The maximum atomic E-state index is 13.2. The smallest absolute Gasteiger partial charge is 0.324 e. The Bertz CT molecular complexity index is 1030. The van der Waals surface area contributed by atoms with Gasteiger partial charge in [0.25, 0.3) is 0 Å². The van der Waals surface area contributed by atoms with Crippen LogP contribution in [-0.2, 0) is 15.8 Å². The molecule has 156 valence electrons. The van der Waals surface area contributed by atoms with Gasteiger partial charge < -0.3 is 10.2 Å². The lowest BCUT2D eigenvalue weighted by Crippen LogP contribution is -2.26. The summed E-state index contributed by atoms with van der Waals surface area (Å²) in [7, 11) is 0. The lowest BCUT2D eigenvalue weighted by molar-refractivity contribution is -0.138. The Kier molecular flexibility index (Phi) is 6.31. The molecule has 0 saturated carbocycles. The molecule has 30 heavy (non-hydrogen) atoms. The number of nitrogens with one attached hydrogen (secondary N) is 1. The van der Waals surface area contributed by atoms with Gasteiger partial charge in [0.2, 0.25) is 11.8 Å². The number of aromatic nitrogens is 1. The van der Waals surface area contributed by atoms with Gasteiger partial charge in [0.15, 0.2) is 0 Å². The van der Waals surface area contributed by atoms with E-state index in [1.54, 1.807) is 35.2 Å². The molecule has 3 rings (SSSR count). The number of halogens is 3. The Hall–Kier alpha value is -3.06. The van der Waals surface area contributed by atoms with Gasteiger partial charge in [-0.2, -0.15) is 18.4 Å². The maximum Gasteiger partial charge on any atom is 0.417 e. The summed E-state index contributed by atoms with van der Waals surface area (Å²) in [4.78, 5) is 30.0. The molecule has 0 radical (unpaired) electrons. The summed E-state index contributed by atoms with van der Waals surface area (Å²) in [5.41, 5.74) is -0.564. The Morgan fingerprint density at radius 3 is 2.73 bits per heavy atom. The summed E-state index contributed by atoms with van der Waals surface area (Å²) in [6, 6.07) is 9.18. The molecular formula is C20H17F3N4O2S. The van der Waals surface area contributed by atoms with E-state index in [-0.39, 0.29) is 22.4 Å². The van der Waals surface area contributed by atoms with Crippen LogP contribution in [0.3, 0.4) is 0 Å². The third-order valence-corrected chi connectivity index (χ3v) is 5.39. The van der Waals surface area contributed by atoms with Crippen LogP contribution in [0.4, 0.5) is 24.5 Å². The molecule has 2 aromatic rings. The molecule has 6 nitrogen and oxygen atoms in total. The van der Waals surface area contributed by atoms with Crippen molar-refractivity contribution in [3.8, 4) is 6.07 Å². The van der Waals surface area contributed by atoms with Gasteiger partial charge in [-0.1, -0.05) is 23.9 Å². The van der Waals surface area contributed by atoms with Gasteiger partial charge in [-0.3, -0.25) is 9.59 Å². The van der Waals surface area contributed by atoms with E-state index in [9.17, 15) is 28.0 Å². The Morgan fingerprint density at radius 1 is 1.37 bits per heavy atom. The van der Waals surface area contributed by atoms with Gasteiger partial charge in [-0.15, -0.1) is 0 Å². The second-order valence-corrected chi connectivity index (χ2v) is 7.57. The van der Waals surface area contributed by atoms with E-state index in [1.807, 2.05) is 0 Å². The molecule has 0 spiro atoms. The molecule has 1 aliphatic rings. The summed E-state index contributed by atoms with van der Waals surface area (Å²) < 4.78 is 39.6. The second kappa shape index (κ2) is 8.75. The third kappa shape index (κ3) is 4.74. The van der Waals surface area contributed by atoms with Crippen molar-refractivity contribution in [3.63, 3.8) is 0 Å². The predicted octanol–water partition coefficient (Wildman–Crippen LogP) is 4.14. The number of benzene rings is 1. The molecule has 1 aliphatic heterocycles. The first-order valence-corrected chi connectivity index (χ1v) is 10.00. The molecular weight excluding hydrogens is 417 g/mol. The number of nitrogens with zero attached hydrogens (tertiary/aromatic N) is 3. The molecule has 10 heteroatoms. The van der Waals surface area contributed by atoms with Crippen LogP contribution in [-0.4, -0.2) is 29.1 Å². The van der Waals surface area contributed by atoms with Crippen molar-refractivity contribution < 1.29 is 22.8 Å². The van der Waals surface area contributed by atoms with E-state index in [2.05, 4.69) is 10.3 Å². The second-order valence-electron chi connectivity index (χ2n) is 6.60. The van der Waals surface area contributed by atoms with Crippen LogP contribution in [0.2, 0.25) is 0 Å². The van der Waals surface area contributed by atoms with Gasteiger partial charge in [-0.05, 0) is 31.5 Å². The van der Waals surface area contributed by atoms with Gasteiger partial charge in [0.1, 0.15) is 11.1 Å². The van der Waals surface area contributed by atoms with Crippen molar-refractivity contribution in [1.82, 2.24) is 4.98 Å². The highest BCUT2D eigenvalue weighted by molar-refractivity contribution is 8.00. The Balaban J connectivity index is 1.76. The zero-order chi connectivity index (χ0) is 21.9. The number of para-hydroxylation sites is 2. The highest BCUT2D eigenvalue weighted by Crippen LogP contribution is 2.36. The number of anilines is 2. The first-order chi connectivity index (χ1) is 14.2. The van der Waals surface area contributed by atoms with E-state index < -0.39 is 23.2 Å². The lowest BCUT2D eigenvalue weighted by Gasteiger charge is -2.20. The number of carbonyl (C=O) groups excluding carboxylic acids is 2. The van der Waals surface area contributed by atoms with Crippen molar-refractivity contribution in [2.75, 3.05) is 22.5 Å². The number of hydrogen-bond acceptors (Lipinski definition) is 5. The minimum Gasteiger partial charge on any atom is -0.324 e. The summed E-state index contributed by atoms with van der Waals surface area (Å²) in [6.07, 6.45) is -3.53. The number of amides is 2. The normalized spacial score (nSPS) is 14.0. The fraction of sp³-hybridized carbons (Fsp3) is 0.300. The van der Waals surface area contributed by atoms with Crippen LogP contribution in [0, 0.1) is 18.3 Å². The first-order valence-electron chi connectivity index (χ1n) is 9.01. The Morgan fingerprint density at radius 2 is 2.10 bits per heavy atom. The fourth-order valence-corrected chi connectivity index (χ4v) is 3.97. The summed E-state index contributed by atoms with van der Waals surface area (Å²) in [5, 5.41) is 11.7. The third-order valence-electron chi connectivity index (χ3n) is 4.41. The molecule has 1 aromatic carbocycles. The standard InChI is InChI=1S/C20H17F3N4O2S/c1-12-9-14(20(21,22)23)13(10-24)19(25-12)30-11-17(28)26-15-5-2-3-6-16(15)27-8-4-7-18(27)29/h2-3,5-6,9H,4,7-8,11H2,1H3,(H,26,28). The average Bonchev–Trinajstić information content (AvgIpc) is 3.11. The summed E-state index contributed by atoms with van der Waals surface area (Å²) in [5.74, 6) is -0.765. The van der Waals surface area contributed by atoms with Crippen LogP contribution in [0.5, 0.6) is 0 Å². The molecule has 2 heterocycles. The molecule has 0 aliphatic carbocycles. The van der Waals surface area contributed by atoms with E-state index in [0.717, 1.165) is 24.2 Å². The van der Waals surface area contributed by atoms with E-state index in [4.69, 9.17) is 0 Å². The van der Waals surface area contributed by atoms with E-state index in [1.165, 1.54) is 6.92 Å². The minimum atomic E-state index is -4.70. The molecule has 0 atom stereocenters. The summed E-state index contributed by atoms with van der Waals surface area (Å²) >= 11 is 0.756. The predicted molar refractivity (Wildman–Crippen MR) is 106 cm³/mol. The van der Waals surface area contributed by atoms with Crippen molar-refractivity contribution in [2.24, 2.45) is 0 Å². The van der Waals surface area contributed by atoms with E-state index in [0.29, 0.717) is 24.3 Å². The van der Waals surface area contributed by atoms with Gasteiger partial charge >= 0.3 is 6.18 Å². The van der Waals surface area contributed by atoms with Crippen molar-refractivity contribution in [1.29, 1.82) is 5.26 Å². The van der Waals surface area contributed by atoms with Crippen molar-refractivity contribution >= 4 is 35.0 Å². The van der Waals surface area contributed by atoms with Gasteiger partial charge in [-0.25, -0.2) is 4.98 Å². The number of nitriles is 1.